The van der Waals surface area contributed by atoms with Crippen LogP contribution in [0.3, 0.4) is 0 Å². The summed E-state index contributed by atoms with van der Waals surface area (Å²) in [5.74, 6) is -0.570. The number of rotatable bonds is 6. The lowest BCUT2D eigenvalue weighted by Crippen LogP contribution is -2.39. The fraction of sp³-hybridized carbons (Fsp3) is 0.368. The number of benzene rings is 2. The topological polar surface area (TPSA) is 66.4 Å². The van der Waals surface area contributed by atoms with Gasteiger partial charge >= 0.3 is 0 Å². The number of aliphatic hydroxyl groups is 1. The molecule has 9 heteroatoms. The summed E-state index contributed by atoms with van der Waals surface area (Å²) in [4.78, 5) is -0.0606. The van der Waals surface area contributed by atoms with Crippen molar-refractivity contribution in [2.24, 2.45) is 0 Å². The molecule has 1 aliphatic heterocycles. The second-order valence-corrected chi connectivity index (χ2v) is 9.07. The molecule has 4 nitrogen and oxygen atoms in total. The van der Waals surface area contributed by atoms with Crippen LogP contribution in [0.4, 0.5) is 17.6 Å². The molecule has 0 saturated carbocycles. The van der Waals surface area contributed by atoms with Gasteiger partial charge in [0.15, 0.2) is 15.4 Å². The molecule has 2 N–H and O–H groups in total. The Morgan fingerprint density at radius 1 is 1.11 bits per heavy atom. The van der Waals surface area contributed by atoms with E-state index in [0.29, 0.717) is 12.1 Å². The first-order valence-electron chi connectivity index (χ1n) is 8.56. The maximum absolute atomic E-state index is 13.3. The molecular formula is C19H19F4NO3S. The third kappa shape index (κ3) is 3.21. The van der Waals surface area contributed by atoms with E-state index in [9.17, 15) is 31.1 Å². The van der Waals surface area contributed by atoms with Gasteiger partial charge in [-0.25, -0.2) is 26.0 Å². The van der Waals surface area contributed by atoms with Crippen LogP contribution in [-0.2, 0) is 20.2 Å². The summed E-state index contributed by atoms with van der Waals surface area (Å²) in [5.41, 5.74) is -2.97. The van der Waals surface area contributed by atoms with E-state index in [2.05, 4.69) is 5.32 Å². The van der Waals surface area contributed by atoms with Crippen LogP contribution in [0.25, 0.3) is 0 Å². The third-order valence-electron chi connectivity index (χ3n) is 5.23. The summed E-state index contributed by atoms with van der Waals surface area (Å²) in [6.07, 6.45) is -3.12. The molecule has 2 unspecified atom stereocenters. The highest BCUT2D eigenvalue weighted by Crippen LogP contribution is 2.41. The molecular weight excluding hydrogens is 398 g/mol. The molecule has 28 heavy (non-hydrogen) atoms. The van der Waals surface area contributed by atoms with Crippen molar-refractivity contribution >= 4 is 9.84 Å². The molecule has 2 aromatic rings. The second kappa shape index (κ2) is 7.46. The van der Waals surface area contributed by atoms with Crippen LogP contribution in [0.15, 0.2) is 53.4 Å². The Hall–Kier alpha value is -1.97. The lowest BCUT2D eigenvalue weighted by atomic mass is 9.91. The highest BCUT2D eigenvalue weighted by atomic mass is 32.2. The van der Waals surface area contributed by atoms with E-state index in [-0.39, 0.29) is 23.4 Å². The van der Waals surface area contributed by atoms with Gasteiger partial charge in [-0.3, -0.25) is 0 Å². The maximum atomic E-state index is 13.3. The molecule has 152 valence electrons. The Labute approximate surface area is 160 Å². The van der Waals surface area contributed by atoms with Crippen molar-refractivity contribution in [3.05, 3.63) is 65.5 Å². The first-order chi connectivity index (χ1) is 13.2. The third-order valence-corrected chi connectivity index (χ3v) is 7.74. The van der Waals surface area contributed by atoms with Gasteiger partial charge in [0.1, 0.15) is 17.2 Å². The average molecular weight is 417 g/mol. The minimum absolute atomic E-state index is 0.0606. The van der Waals surface area contributed by atoms with Crippen molar-refractivity contribution in [2.45, 2.75) is 28.1 Å². The van der Waals surface area contributed by atoms with Gasteiger partial charge in [0.25, 0.3) is 6.43 Å². The average Bonchev–Trinajstić information content (AvgIpc) is 3.19. The number of hydrogen-bond donors (Lipinski definition) is 2. The molecule has 0 bridgehead atoms. The minimum atomic E-state index is -3.95. The van der Waals surface area contributed by atoms with E-state index >= 15 is 0 Å². The number of nitrogens with one attached hydrogen (secondary N) is 1. The van der Waals surface area contributed by atoms with Crippen LogP contribution in [0.1, 0.15) is 17.5 Å². The van der Waals surface area contributed by atoms with E-state index in [4.69, 9.17) is 0 Å². The van der Waals surface area contributed by atoms with Crippen LogP contribution >= 0.6 is 0 Å². The van der Waals surface area contributed by atoms with Crippen LogP contribution in [0.2, 0.25) is 0 Å². The van der Waals surface area contributed by atoms with Crippen molar-refractivity contribution in [2.75, 3.05) is 19.8 Å². The first kappa shape index (κ1) is 20.8. The molecule has 3 rings (SSSR count). The first-order valence-corrected chi connectivity index (χ1v) is 10.0. The van der Waals surface area contributed by atoms with Crippen molar-refractivity contribution in [1.82, 2.24) is 5.32 Å². The predicted octanol–water partition coefficient (Wildman–Crippen LogP) is 2.91. The zero-order chi connectivity index (χ0) is 20.6. The molecule has 0 amide bonds. The molecule has 0 radical (unpaired) electrons. The quantitative estimate of drug-likeness (QED) is 0.560. The van der Waals surface area contributed by atoms with Crippen molar-refractivity contribution in [3.8, 4) is 0 Å². The Kier molecular flexibility index (Phi) is 5.53. The Morgan fingerprint density at radius 2 is 1.71 bits per heavy atom. The van der Waals surface area contributed by atoms with E-state index in [1.165, 1.54) is 24.3 Å². The lowest BCUT2D eigenvalue weighted by Gasteiger charge is -2.30. The van der Waals surface area contributed by atoms with Crippen molar-refractivity contribution < 1.29 is 31.1 Å². The highest BCUT2D eigenvalue weighted by molar-refractivity contribution is 7.92. The number of sulfone groups is 1. The van der Waals surface area contributed by atoms with Crippen LogP contribution in [0, 0.1) is 5.82 Å². The van der Waals surface area contributed by atoms with Gasteiger partial charge in [0.05, 0.1) is 4.90 Å². The summed E-state index contributed by atoms with van der Waals surface area (Å²) in [7, 11) is -3.95. The highest BCUT2D eigenvalue weighted by Gasteiger charge is 2.49. The fourth-order valence-electron chi connectivity index (χ4n) is 3.46. The summed E-state index contributed by atoms with van der Waals surface area (Å²) >= 11 is 0. The second-order valence-electron chi connectivity index (χ2n) is 6.81. The molecule has 2 aromatic carbocycles. The molecule has 0 spiro atoms. The Morgan fingerprint density at radius 3 is 2.18 bits per heavy atom. The summed E-state index contributed by atoms with van der Waals surface area (Å²) in [5, 5.41) is 12.9. The van der Waals surface area contributed by atoms with Gasteiger partial charge in [-0.1, -0.05) is 24.3 Å². The molecule has 1 aliphatic rings. The van der Waals surface area contributed by atoms with Crippen LogP contribution in [0.5, 0.6) is 0 Å². The normalized spacial score (nSPS) is 22.4. The standard InChI is InChI=1S/C19H19F4NO3S/c20-11-19(25,17(22)23)14-3-1-13(2-4-14)18(9-10-24-12-18)28(26,27)16-7-5-15(21)6-8-16/h1-8,17,24-25H,9-12H2. The van der Waals surface area contributed by atoms with Crippen molar-refractivity contribution in [1.29, 1.82) is 0 Å². The molecule has 0 aliphatic carbocycles. The van der Waals surface area contributed by atoms with E-state index in [1.807, 2.05) is 0 Å². The lowest BCUT2D eigenvalue weighted by molar-refractivity contribution is -0.114. The summed E-state index contributed by atoms with van der Waals surface area (Å²) in [6, 6.07) is 9.31. The Balaban J connectivity index is 2.07. The summed E-state index contributed by atoms with van der Waals surface area (Å²) < 4.78 is 77.6. The molecule has 1 saturated heterocycles. The maximum Gasteiger partial charge on any atom is 0.273 e. The van der Waals surface area contributed by atoms with E-state index < -0.39 is 39.1 Å². The SMILES string of the molecule is O=S(=O)(c1ccc(F)cc1)C1(c2ccc(C(O)(CF)C(F)F)cc2)CCNC1. The minimum Gasteiger partial charge on any atom is -0.377 e. The van der Waals surface area contributed by atoms with Gasteiger partial charge in [-0.05, 0) is 48.4 Å². The number of alkyl halides is 3. The Bertz CT molecular complexity index is 927. The van der Waals surface area contributed by atoms with E-state index in [0.717, 1.165) is 24.3 Å². The predicted molar refractivity (Wildman–Crippen MR) is 95.1 cm³/mol. The smallest absolute Gasteiger partial charge is 0.273 e. The largest absolute Gasteiger partial charge is 0.377 e. The number of hydrogen-bond acceptors (Lipinski definition) is 4. The van der Waals surface area contributed by atoms with Gasteiger partial charge in [0, 0.05) is 6.54 Å². The summed E-state index contributed by atoms with van der Waals surface area (Å²) in [6.45, 7) is -1.19. The van der Waals surface area contributed by atoms with Gasteiger partial charge in [0.2, 0.25) is 0 Å². The van der Waals surface area contributed by atoms with Crippen molar-refractivity contribution in [3.63, 3.8) is 0 Å². The fourth-order valence-corrected chi connectivity index (χ4v) is 5.52. The van der Waals surface area contributed by atoms with E-state index in [1.54, 1.807) is 0 Å². The molecule has 0 aromatic heterocycles. The van der Waals surface area contributed by atoms with Crippen LogP contribution < -0.4 is 5.32 Å². The molecule has 1 fully saturated rings. The van der Waals surface area contributed by atoms with Gasteiger partial charge in [-0.2, -0.15) is 0 Å². The number of halogens is 4. The van der Waals surface area contributed by atoms with Crippen LogP contribution in [-0.4, -0.2) is 39.7 Å². The molecule has 1 heterocycles. The zero-order valence-electron chi connectivity index (χ0n) is 14.7. The monoisotopic (exact) mass is 417 g/mol. The van der Waals surface area contributed by atoms with Gasteiger partial charge in [-0.15, -0.1) is 0 Å². The molecule has 2 atom stereocenters. The van der Waals surface area contributed by atoms with Gasteiger partial charge < -0.3 is 10.4 Å². The zero-order valence-corrected chi connectivity index (χ0v) is 15.5.